The molecule has 0 saturated carbocycles. The van der Waals surface area contributed by atoms with Gasteiger partial charge in [-0.3, -0.25) is 9.63 Å². The molecule has 0 aromatic carbocycles. The summed E-state index contributed by atoms with van der Waals surface area (Å²) >= 11 is 0. The van der Waals surface area contributed by atoms with E-state index in [0.717, 1.165) is 32.1 Å². The van der Waals surface area contributed by atoms with Gasteiger partial charge in [0.2, 0.25) is 5.91 Å². The molecular formula is C12H21NO2. The van der Waals surface area contributed by atoms with Crippen LogP contribution >= 0.6 is 0 Å². The zero-order valence-electron chi connectivity index (χ0n) is 9.58. The molecule has 2 aliphatic heterocycles. The summed E-state index contributed by atoms with van der Waals surface area (Å²) in [5, 5.41) is 1.69. The molecule has 3 heteroatoms. The van der Waals surface area contributed by atoms with Gasteiger partial charge in [0, 0.05) is 6.42 Å². The van der Waals surface area contributed by atoms with Gasteiger partial charge in [0.15, 0.2) is 0 Å². The summed E-state index contributed by atoms with van der Waals surface area (Å²) in [6.45, 7) is 2.19. The molecule has 0 bridgehead atoms. The first-order chi connectivity index (χ1) is 7.31. The third-order valence-electron chi connectivity index (χ3n) is 3.47. The van der Waals surface area contributed by atoms with Gasteiger partial charge in [0.25, 0.3) is 0 Å². The summed E-state index contributed by atoms with van der Waals surface area (Å²) in [6, 6.07) is 0.379. The molecule has 0 N–H and O–H groups in total. The Labute approximate surface area is 91.7 Å². The van der Waals surface area contributed by atoms with E-state index in [0.29, 0.717) is 18.6 Å². The maximum absolute atomic E-state index is 11.6. The van der Waals surface area contributed by atoms with Crippen molar-refractivity contribution < 1.29 is 9.63 Å². The number of hydroxylamine groups is 2. The molecule has 2 atom stereocenters. The maximum Gasteiger partial charge on any atom is 0.246 e. The molecule has 2 saturated heterocycles. The Morgan fingerprint density at radius 3 is 3.07 bits per heavy atom. The zero-order chi connectivity index (χ0) is 10.7. The van der Waals surface area contributed by atoms with E-state index in [2.05, 4.69) is 6.92 Å². The second-order valence-corrected chi connectivity index (χ2v) is 4.71. The number of hydrogen-bond donors (Lipinski definition) is 0. The average molecular weight is 211 g/mol. The normalized spacial score (nSPS) is 31.5. The van der Waals surface area contributed by atoms with Crippen LogP contribution in [0.5, 0.6) is 0 Å². The third kappa shape index (κ3) is 2.51. The molecular weight excluding hydrogens is 190 g/mol. The Balaban J connectivity index is 1.87. The molecule has 0 aromatic heterocycles. The van der Waals surface area contributed by atoms with Crippen molar-refractivity contribution in [3.8, 4) is 0 Å². The minimum absolute atomic E-state index is 0.201. The van der Waals surface area contributed by atoms with Crippen LogP contribution in [0.3, 0.4) is 0 Å². The predicted molar refractivity (Wildman–Crippen MR) is 58.1 cm³/mol. The SMILES string of the molecule is CCCC[C@@H]1CC[C@H]2CCCC(=O)N2O1. The van der Waals surface area contributed by atoms with Crippen molar-refractivity contribution in [2.24, 2.45) is 0 Å². The molecule has 0 unspecified atom stereocenters. The first kappa shape index (κ1) is 10.9. The second-order valence-electron chi connectivity index (χ2n) is 4.71. The van der Waals surface area contributed by atoms with E-state index in [4.69, 9.17) is 4.84 Å². The highest BCUT2D eigenvalue weighted by molar-refractivity contribution is 5.76. The zero-order valence-corrected chi connectivity index (χ0v) is 9.58. The number of unbranched alkanes of at least 4 members (excludes halogenated alkanes) is 1. The highest BCUT2D eigenvalue weighted by atomic mass is 16.7. The van der Waals surface area contributed by atoms with Crippen molar-refractivity contribution in [2.75, 3.05) is 0 Å². The number of carbonyl (C=O) groups is 1. The molecule has 0 aliphatic carbocycles. The van der Waals surface area contributed by atoms with Crippen LogP contribution < -0.4 is 0 Å². The topological polar surface area (TPSA) is 29.5 Å². The highest BCUT2D eigenvalue weighted by Crippen LogP contribution is 2.30. The van der Waals surface area contributed by atoms with E-state index >= 15 is 0 Å². The predicted octanol–water partition coefficient (Wildman–Crippen LogP) is 2.65. The van der Waals surface area contributed by atoms with E-state index in [1.807, 2.05) is 0 Å². The van der Waals surface area contributed by atoms with E-state index < -0.39 is 0 Å². The monoisotopic (exact) mass is 211 g/mol. The van der Waals surface area contributed by atoms with Crippen molar-refractivity contribution in [1.82, 2.24) is 5.06 Å². The van der Waals surface area contributed by atoms with Gasteiger partial charge in [-0.2, -0.15) is 0 Å². The Bertz CT molecular complexity index is 230. The Morgan fingerprint density at radius 2 is 2.27 bits per heavy atom. The van der Waals surface area contributed by atoms with Crippen LogP contribution in [0, 0.1) is 0 Å². The van der Waals surface area contributed by atoms with Crippen LogP contribution in [-0.2, 0) is 9.63 Å². The van der Waals surface area contributed by atoms with Crippen molar-refractivity contribution in [1.29, 1.82) is 0 Å². The van der Waals surface area contributed by atoms with Crippen LogP contribution in [0.15, 0.2) is 0 Å². The summed E-state index contributed by atoms with van der Waals surface area (Å²) in [5.74, 6) is 0.201. The van der Waals surface area contributed by atoms with Crippen molar-refractivity contribution >= 4 is 5.91 Å². The molecule has 86 valence electrons. The summed E-state index contributed by atoms with van der Waals surface area (Å²) < 4.78 is 0. The molecule has 2 heterocycles. The maximum atomic E-state index is 11.6. The number of amides is 1. The lowest BCUT2D eigenvalue weighted by Gasteiger charge is -2.41. The lowest BCUT2D eigenvalue weighted by molar-refractivity contribution is -0.248. The van der Waals surface area contributed by atoms with Crippen LogP contribution in [0.1, 0.15) is 58.3 Å². The lowest BCUT2D eigenvalue weighted by Crippen LogP contribution is -2.49. The van der Waals surface area contributed by atoms with Crippen LogP contribution in [-0.4, -0.2) is 23.1 Å². The fraction of sp³-hybridized carbons (Fsp3) is 0.917. The van der Waals surface area contributed by atoms with E-state index in [9.17, 15) is 4.79 Å². The fourth-order valence-corrected chi connectivity index (χ4v) is 2.55. The minimum atomic E-state index is 0.201. The average Bonchev–Trinajstić information content (AvgIpc) is 2.27. The van der Waals surface area contributed by atoms with Crippen molar-refractivity contribution in [2.45, 2.75) is 70.4 Å². The van der Waals surface area contributed by atoms with Gasteiger partial charge >= 0.3 is 0 Å². The molecule has 0 radical (unpaired) electrons. The van der Waals surface area contributed by atoms with E-state index in [1.165, 1.54) is 12.8 Å². The van der Waals surface area contributed by atoms with Gasteiger partial charge in [-0.05, 0) is 32.1 Å². The van der Waals surface area contributed by atoms with E-state index in [-0.39, 0.29) is 5.91 Å². The molecule has 0 spiro atoms. The lowest BCUT2D eigenvalue weighted by atomic mass is 9.95. The van der Waals surface area contributed by atoms with Gasteiger partial charge in [0.1, 0.15) is 0 Å². The highest BCUT2D eigenvalue weighted by Gasteiger charge is 2.34. The second kappa shape index (κ2) is 4.97. The quantitative estimate of drug-likeness (QED) is 0.718. The number of piperidine rings is 1. The Morgan fingerprint density at radius 1 is 1.40 bits per heavy atom. The molecule has 2 rings (SSSR count). The summed E-state index contributed by atoms with van der Waals surface area (Å²) in [5.41, 5.74) is 0. The molecule has 15 heavy (non-hydrogen) atoms. The number of nitrogens with zero attached hydrogens (tertiary/aromatic N) is 1. The first-order valence-electron chi connectivity index (χ1n) is 6.30. The minimum Gasteiger partial charge on any atom is -0.273 e. The van der Waals surface area contributed by atoms with Gasteiger partial charge in [-0.25, -0.2) is 5.06 Å². The molecule has 2 fully saturated rings. The molecule has 1 amide bonds. The van der Waals surface area contributed by atoms with Crippen LogP contribution in [0.2, 0.25) is 0 Å². The largest absolute Gasteiger partial charge is 0.273 e. The number of carbonyl (C=O) groups excluding carboxylic acids is 1. The van der Waals surface area contributed by atoms with Gasteiger partial charge in [0.05, 0.1) is 12.1 Å². The van der Waals surface area contributed by atoms with Crippen LogP contribution in [0.4, 0.5) is 0 Å². The smallest absolute Gasteiger partial charge is 0.246 e. The standard InChI is InChI=1S/C12H21NO2/c1-2-3-6-11-9-8-10-5-4-7-12(14)13(10)15-11/h10-11H,2-9H2,1H3/t10-,11-/m1/s1. The third-order valence-corrected chi connectivity index (χ3v) is 3.47. The first-order valence-corrected chi connectivity index (χ1v) is 6.30. The van der Waals surface area contributed by atoms with Gasteiger partial charge < -0.3 is 0 Å². The summed E-state index contributed by atoms with van der Waals surface area (Å²) in [6.07, 6.45) is 8.94. The molecule has 3 nitrogen and oxygen atoms in total. The van der Waals surface area contributed by atoms with Crippen molar-refractivity contribution in [3.05, 3.63) is 0 Å². The Kier molecular flexibility index (Phi) is 3.62. The fourth-order valence-electron chi connectivity index (χ4n) is 2.55. The van der Waals surface area contributed by atoms with Crippen molar-refractivity contribution in [3.63, 3.8) is 0 Å². The van der Waals surface area contributed by atoms with Gasteiger partial charge in [-0.1, -0.05) is 19.8 Å². The van der Waals surface area contributed by atoms with Crippen LogP contribution in [0.25, 0.3) is 0 Å². The number of fused-ring (bicyclic) bond motifs is 1. The number of hydrogen-bond acceptors (Lipinski definition) is 2. The van der Waals surface area contributed by atoms with Gasteiger partial charge in [-0.15, -0.1) is 0 Å². The Hall–Kier alpha value is -0.570. The summed E-state index contributed by atoms with van der Waals surface area (Å²) in [7, 11) is 0. The summed E-state index contributed by atoms with van der Waals surface area (Å²) in [4.78, 5) is 17.4. The molecule has 0 aromatic rings. The van der Waals surface area contributed by atoms with E-state index in [1.54, 1.807) is 5.06 Å². The number of rotatable bonds is 3. The molecule has 2 aliphatic rings.